The fourth-order valence-corrected chi connectivity index (χ4v) is 2.55. The quantitative estimate of drug-likeness (QED) is 0.856. The zero-order valence-corrected chi connectivity index (χ0v) is 12.1. The smallest absolute Gasteiger partial charge is 0.323 e. The molecule has 2 atom stereocenters. The van der Waals surface area contributed by atoms with Crippen molar-refractivity contribution in [2.45, 2.75) is 25.1 Å². The number of nitrogens with zero attached hydrogens (tertiary/aromatic N) is 1. The lowest BCUT2D eigenvalue weighted by Gasteiger charge is -2.22. The number of rotatable bonds is 3. The van der Waals surface area contributed by atoms with Crippen LogP contribution in [0.25, 0.3) is 0 Å². The normalized spacial score (nSPS) is 23.6. The molecule has 1 aliphatic heterocycles. The fourth-order valence-electron chi connectivity index (χ4n) is 2.31. The summed E-state index contributed by atoms with van der Waals surface area (Å²) < 4.78 is 18.6. The largest absolute Gasteiger partial charge is 0.468 e. The lowest BCUT2D eigenvalue weighted by Crippen LogP contribution is -2.36. The summed E-state index contributed by atoms with van der Waals surface area (Å²) in [6.45, 7) is 0.790. The average Bonchev–Trinajstić information content (AvgIpc) is 2.74. The number of hydrogen-bond acceptors (Lipinski definition) is 4. The molecule has 1 saturated heterocycles. The van der Waals surface area contributed by atoms with Gasteiger partial charge in [0.15, 0.2) is 0 Å². The predicted molar refractivity (Wildman–Crippen MR) is 70.9 cm³/mol. The summed E-state index contributed by atoms with van der Waals surface area (Å²) in [5.74, 6) is -0.707. The second kappa shape index (κ2) is 5.98. The van der Waals surface area contributed by atoms with E-state index in [0.29, 0.717) is 24.0 Å². The van der Waals surface area contributed by atoms with Crippen LogP contribution in [0.1, 0.15) is 12.0 Å². The Balaban J connectivity index is 2.12. The van der Waals surface area contributed by atoms with Crippen molar-refractivity contribution in [2.75, 3.05) is 13.7 Å². The Bertz CT molecular complexity index is 483. The number of β-amino-alcohol motifs (C(OH)–C–C–N with tert-alkyl or cyclic N) is 1. The number of hydrogen-bond donors (Lipinski definition) is 1. The van der Waals surface area contributed by atoms with Gasteiger partial charge in [-0.2, -0.15) is 0 Å². The van der Waals surface area contributed by atoms with E-state index in [4.69, 9.17) is 4.74 Å². The van der Waals surface area contributed by atoms with Crippen LogP contribution < -0.4 is 0 Å². The first kappa shape index (κ1) is 14.4. The van der Waals surface area contributed by atoms with Gasteiger partial charge in [-0.1, -0.05) is 6.07 Å². The van der Waals surface area contributed by atoms with E-state index in [9.17, 15) is 14.3 Å². The molecule has 0 spiro atoms. The molecule has 1 aromatic carbocycles. The Labute approximate surface area is 119 Å². The Hall–Kier alpha value is -0.980. The third-order valence-corrected chi connectivity index (χ3v) is 3.87. The zero-order valence-electron chi connectivity index (χ0n) is 10.5. The first-order valence-corrected chi connectivity index (χ1v) is 6.74. The molecule has 2 unspecified atom stereocenters. The van der Waals surface area contributed by atoms with Gasteiger partial charge in [0.2, 0.25) is 0 Å². The Morgan fingerprint density at radius 3 is 3.00 bits per heavy atom. The minimum atomic E-state index is -0.551. The van der Waals surface area contributed by atoms with Gasteiger partial charge in [-0.25, -0.2) is 4.39 Å². The molecule has 104 valence electrons. The second-order valence-corrected chi connectivity index (χ2v) is 5.46. The molecule has 1 fully saturated rings. The van der Waals surface area contributed by atoms with E-state index >= 15 is 0 Å². The molecule has 19 heavy (non-hydrogen) atoms. The average molecular weight is 332 g/mol. The van der Waals surface area contributed by atoms with Crippen molar-refractivity contribution >= 4 is 21.9 Å². The number of esters is 1. The van der Waals surface area contributed by atoms with E-state index < -0.39 is 12.1 Å². The van der Waals surface area contributed by atoms with E-state index in [1.807, 2.05) is 0 Å². The Morgan fingerprint density at radius 1 is 1.63 bits per heavy atom. The maximum Gasteiger partial charge on any atom is 0.323 e. The molecular formula is C13H15BrFNO3. The Morgan fingerprint density at radius 2 is 2.37 bits per heavy atom. The van der Waals surface area contributed by atoms with Crippen LogP contribution in [0.15, 0.2) is 22.7 Å². The molecule has 1 aliphatic rings. The minimum absolute atomic E-state index is 0.341. The number of aliphatic hydroxyl groups excluding tert-OH is 1. The van der Waals surface area contributed by atoms with Crippen LogP contribution in [0.2, 0.25) is 0 Å². The van der Waals surface area contributed by atoms with Crippen LogP contribution in [-0.4, -0.2) is 41.8 Å². The van der Waals surface area contributed by atoms with Gasteiger partial charge in [-0.05, 0) is 33.6 Å². The number of carbonyl (C=O) groups excluding carboxylic acids is 1. The summed E-state index contributed by atoms with van der Waals surface area (Å²) in [7, 11) is 1.32. The van der Waals surface area contributed by atoms with Crippen molar-refractivity contribution in [1.82, 2.24) is 4.90 Å². The first-order valence-electron chi connectivity index (χ1n) is 5.95. The van der Waals surface area contributed by atoms with Crippen LogP contribution in [0.3, 0.4) is 0 Å². The molecule has 0 aromatic heterocycles. The number of methoxy groups -OCH3 is 1. The van der Waals surface area contributed by atoms with Crippen LogP contribution in [0.5, 0.6) is 0 Å². The summed E-state index contributed by atoms with van der Waals surface area (Å²) in [5, 5.41) is 9.66. The molecule has 0 aliphatic carbocycles. The van der Waals surface area contributed by atoms with E-state index in [0.717, 1.165) is 5.56 Å². The van der Waals surface area contributed by atoms with Crippen molar-refractivity contribution in [3.05, 3.63) is 34.1 Å². The summed E-state index contributed by atoms with van der Waals surface area (Å²) >= 11 is 3.10. The second-order valence-electron chi connectivity index (χ2n) is 4.61. The highest BCUT2D eigenvalue weighted by Gasteiger charge is 2.36. The van der Waals surface area contributed by atoms with E-state index in [2.05, 4.69) is 15.9 Å². The predicted octanol–water partition coefficient (Wildman–Crippen LogP) is 1.70. The molecule has 1 aromatic rings. The van der Waals surface area contributed by atoms with Crippen molar-refractivity contribution < 1.29 is 19.0 Å². The molecule has 4 nitrogen and oxygen atoms in total. The van der Waals surface area contributed by atoms with Crippen molar-refractivity contribution in [2.24, 2.45) is 0 Å². The van der Waals surface area contributed by atoms with Crippen molar-refractivity contribution in [1.29, 1.82) is 0 Å². The van der Waals surface area contributed by atoms with E-state index in [1.54, 1.807) is 17.0 Å². The summed E-state index contributed by atoms with van der Waals surface area (Å²) in [5.41, 5.74) is 0.753. The van der Waals surface area contributed by atoms with Crippen LogP contribution in [0.4, 0.5) is 4.39 Å². The molecule has 0 amide bonds. The van der Waals surface area contributed by atoms with Crippen LogP contribution in [-0.2, 0) is 16.1 Å². The van der Waals surface area contributed by atoms with Gasteiger partial charge in [0.25, 0.3) is 0 Å². The topological polar surface area (TPSA) is 49.8 Å². The monoisotopic (exact) mass is 331 g/mol. The lowest BCUT2D eigenvalue weighted by atomic mass is 10.1. The molecule has 2 rings (SSSR count). The van der Waals surface area contributed by atoms with Gasteiger partial charge in [0, 0.05) is 19.5 Å². The first-order chi connectivity index (χ1) is 9.01. The highest BCUT2D eigenvalue weighted by Crippen LogP contribution is 2.23. The highest BCUT2D eigenvalue weighted by atomic mass is 79.9. The fraction of sp³-hybridized carbons (Fsp3) is 0.462. The van der Waals surface area contributed by atoms with E-state index in [-0.39, 0.29) is 11.8 Å². The van der Waals surface area contributed by atoms with Crippen LogP contribution in [0, 0.1) is 5.82 Å². The highest BCUT2D eigenvalue weighted by molar-refractivity contribution is 9.10. The maximum atomic E-state index is 13.4. The van der Waals surface area contributed by atoms with Gasteiger partial charge in [-0.3, -0.25) is 9.69 Å². The van der Waals surface area contributed by atoms with Gasteiger partial charge in [0.05, 0.1) is 17.7 Å². The number of carbonyl (C=O) groups is 1. The molecule has 1 N–H and O–H groups in total. The molecule has 0 radical (unpaired) electrons. The van der Waals surface area contributed by atoms with Crippen molar-refractivity contribution in [3.63, 3.8) is 0 Å². The van der Waals surface area contributed by atoms with Gasteiger partial charge >= 0.3 is 5.97 Å². The van der Waals surface area contributed by atoms with E-state index in [1.165, 1.54) is 13.2 Å². The molecule has 0 saturated carbocycles. The minimum Gasteiger partial charge on any atom is -0.468 e. The number of aliphatic hydroxyl groups is 1. The number of halogens is 2. The third kappa shape index (κ3) is 3.32. The SMILES string of the molecule is COC(=O)C1CC(O)CN1Cc1ccc(Br)c(F)c1. The zero-order chi connectivity index (χ0) is 14.0. The standard InChI is InChI=1S/C13H15BrFNO3/c1-19-13(18)12-5-9(17)7-16(12)6-8-2-3-10(14)11(15)4-8/h2-4,9,12,17H,5-7H2,1H3. The van der Waals surface area contributed by atoms with Crippen LogP contribution >= 0.6 is 15.9 Å². The molecular weight excluding hydrogens is 317 g/mol. The number of benzene rings is 1. The van der Waals surface area contributed by atoms with Gasteiger partial charge in [-0.15, -0.1) is 0 Å². The molecule has 1 heterocycles. The number of likely N-dealkylation sites (tertiary alicyclic amines) is 1. The summed E-state index contributed by atoms with van der Waals surface area (Å²) in [4.78, 5) is 13.4. The van der Waals surface area contributed by atoms with Gasteiger partial charge in [0.1, 0.15) is 11.9 Å². The van der Waals surface area contributed by atoms with Gasteiger partial charge < -0.3 is 9.84 Å². The lowest BCUT2D eigenvalue weighted by molar-refractivity contribution is -0.146. The summed E-state index contributed by atoms with van der Waals surface area (Å²) in [6, 6.07) is 4.37. The number of ether oxygens (including phenoxy) is 1. The maximum absolute atomic E-state index is 13.4. The third-order valence-electron chi connectivity index (χ3n) is 3.22. The molecule has 0 bridgehead atoms. The van der Waals surface area contributed by atoms with Crippen molar-refractivity contribution in [3.8, 4) is 0 Å². The summed E-state index contributed by atoms with van der Waals surface area (Å²) in [6.07, 6.45) is -0.199. The molecule has 6 heteroatoms. The Kier molecular flexibility index (Phi) is 4.54.